The molecule has 2 aromatic rings. The molecule has 0 aliphatic heterocycles. The molecule has 0 saturated heterocycles. The SMILES string of the molecule is Cc1cccc(CN(Cc2ccccn2)C(=O)CCNC(=O)OC(C)(C)C)c1. The van der Waals surface area contributed by atoms with Crippen LogP contribution >= 0.6 is 0 Å². The lowest BCUT2D eigenvalue weighted by atomic mass is 10.1. The Kier molecular flexibility index (Phi) is 7.55. The fourth-order valence-electron chi connectivity index (χ4n) is 2.69. The summed E-state index contributed by atoms with van der Waals surface area (Å²) in [6.07, 6.45) is 1.39. The molecule has 0 radical (unpaired) electrons. The molecule has 6 heteroatoms. The molecule has 0 saturated carbocycles. The second-order valence-corrected chi connectivity index (χ2v) is 7.74. The summed E-state index contributed by atoms with van der Waals surface area (Å²) >= 11 is 0. The normalized spacial score (nSPS) is 11.0. The van der Waals surface area contributed by atoms with E-state index in [4.69, 9.17) is 4.74 Å². The zero-order chi connectivity index (χ0) is 20.6. The van der Waals surface area contributed by atoms with Gasteiger partial charge in [-0.15, -0.1) is 0 Å². The summed E-state index contributed by atoms with van der Waals surface area (Å²) < 4.78 is 5.20. The Bertz CT molecular complexity index is 785. The van der Waals surface area contributed by atoms with Crippen molar-refractivity contribution in [2.24, 2.45) is 0 Å². The lowest BCUT2D eigenvalue weighted by Crippen LogP contribution is -2.36. The number of hydrogen-bond acceptors (Lipinski definition) is 4. The Balaban J connectivity index is 1.99. The minimum Gasteiger partial charge on any atom is -0.444 e. The van der Waals surface area contributed by atoms with E-state index in [1.807, 2.05) is 43.3 Å². The summed E-state index contributed by atoms with van der Waals surface area (Å²) in [4.78, 5) is 30.7. The summed E-state index contributed by atoms with van der Waals surface area (Å²) in [5, 5.41) is 2.64. The Hall–Kier alpha value is -2.89. The van der Waals surface area contributed by atoms with Gasteiger partial charge in [-0.25, -0.2) is 4.79 Å². The number of benzene rings is 1. The molecule has 0 fully saturated rings. The van der Waals surface area contributed by atoms with E-state index in [9.17, 15) is 9.59 Å². The number of aromatic nitrogens is 1. The van der Waals surface area contributed by atoms with Crippen LogP contribution in [0.1, 0.15) is 44.0 Å². The molecule has 1 heterocycles. The van der Waals surface area contributed by atoms with Gasteiger partial charge >= 0.3 is 6.09 Å². The zero-order valence-corrected chi connectivity index (χ0v) is 17.1. The molecule has 150 valence electrons. The maximum absolute atomic E-state index is 12.8. The summed E-state index contributed by atoms with van der Waals surface area (Å²) in [6, 6.07) is 13.7. The van der Waals surface area contributed by atoms with E-state index in [0.29, 0.717) is 13.1 Å². The third-order valence-electron chi connectivity index (χ3n) is 3.89. The molecule has 1 aromatic heterocycles. The molecule has 0 bridgehead atoms. The smallest absolute Gasteiger partial charge is 0.407 e. The van der Waals surface area contributed by atoms with Crippen molar-refractivity contribution >= 4 is 12.0 Å². The molecule has 0 spiro atoms. The molecule has 6 nitrogen and oxygen atoms in total. The maximum Gasteiger partial charge on any atom is 0.407 e. The van der Waals surface area contributed by atoms with Gasteiger partial charge in [-0.1, -0.05) is 35.9 Å². The monoisotopic (exact) mass is 383 g/mol. The molecule has 28 heavy (non-hydrogen) atoms. The molecule has 1 aromatic carbocycles. The number of carbonyl (C=O) groups is 2. The highest BCUT2D eigenvalue weighted by Gasteiger charge is 2.18. The third-order valence-corrected chi connectivity index (χ3v) is 3.89. The van der Waals surface area contributed by atoms with Crippen LogP contribution < -0.4 is 5.32 Å². The summed E-state index contributed by atoms with van der Waals surface area (Å²) in [5.41, 5.74) is 2.46. The van der Waals surface area contributed by atoms with Gasteiger partial charge in [-0.3, -0.25) is 9.78 Å². The molecule has 1 N–H and O–H groups in total. The van der Waals surface area contributed by atoms with Crippen molar-refractivity contribution in [1.82, 2.24) is 15.2 Å². The summed E-state index contributed by atoms with van der Waals surface area (Å²) in [7, 11) is 0. The zero-order valence-electron chi connectivity index (χ0n) is 17.1. The van der Waals surface area contributed by atoms with Crippen molar-refractivity contribution in [3.63, 3.8) is 0 Å². The fraction of sp³-hybridized carbons (Fsp3) is 0.409. The highest BCUT2D eigenvalue weighted by Crippen LogP contribution is 2.12. The molecule has 0 atom stereocenters. The van der Waals surface area contributed by atoms with Crippen LogP contribution in [0, 0.1) is 6.92 Å². The Morgan fingerprint density at radius 2 is 1.89 bits per heavy atom. The van der Waals surface area contributed by atoms with Crippen LogP contribution in [0.25, 0.3) is 0 Å². The lowest BCUT2D eigenvalue weighted by Gasteiger charge is -2.23. The number of rotatable bonds is 7. The van der Waals surface area contributed by atoms with Gasteiger partial charge in [0.15, 0.2) is 0 Å². The van der Waals surface area contributed by atoms with Gasteiger partial charge in [0.1, 0.15) is 5.60 Å². The van der Waals surface area contributed by atoms with E-state index in [1.54, 1.807) is 31.9 Å². The Morgan fingerprint density at radius 3 is 2.54 bits per heavy atom. The van der Waals surface area contributed by atoms with Gasteiger partial charge in [0.05, 0.1) is 12.2 Å². The highest BCUT2D eigenvalue weighted by molar-refractivity contribution is 5.77. The molecular formula is C22H29N3O3. The Morgan fingerprint density at radius 1 is 1.11 bits per heavy atom. The third kappa shape index (κ3) is 7.78. The quantitative estimate of drug-likeness (QED) is 0.789. The van der Waals surface area contributed by atoms with E-state index in [2.05, 4.69) is 16.4 Å². The van der Waals surface area contributed by atoms with Gasteiger partial charge in [-0.05, 0) is 45.4 Å². The molecule has 2 rings (SSSR count). The predicted molar refractivity (Wildman–Crippen MR) is 109 cm³/mol. The molecular weight excluding hydrogens is 354 g/mol. The molecule has 0 aliphatic carbocycles. The topological polar surface area (TPSA) is 71.5 Å². The van der Waals surface area contributed by atoms with Crippen molar-refractivity contribution in [3.05, 3.63) is 65.5 Å². The number of nitrogens with one attached hydrogen (secondary N) is 1. The number of nitrogens with zero attached hydrogens (tertiary/aromatic N) is 2. The number of hydrogen-bond donors (Lipinski definition) is 1. The van der Waals surface area contributed by atoms with Crippen molar-refractivity contribution < 1.29 is 14.3 Å². The number of amides is 2. The predicted octanol–water partition coefficient (Wildman–Crippen LogP) is 3.83. The second-order valence-electron chi connectivity index (χ2n) is 7.74. The first-order valence-corrected chi connectivity index (χ1v) is 9.43. The number of aryl methyl sites for hydroxylation is 1. The highest BCUT2D eigenvalue weighted by atomic mass is 16.6. The van der Waals surface area contributed by atoms with Crippen LogP contribution in [0.2, 0.25) is 0 Å². The summed E-state index contributed by atoms with van der Waals surface area (Å²) in [6.45, 7) is 8.56. The van der Waals surface area contributed by atoms with Crippen molar-refractivity contribution in [2.45, 2.75) is 52.8 Å². The average Bonchev–Trinajstić information content (AvgIpc) is 2.60. The first-order valence-electron chi connectivity index (χ1n) is 9.43. The summed E-state index contributed by atoms with van der Waals surface area (Å²) in [5.74, 6) is -0.0526. The minimum atomic E-state index is -0.565. The molecule has 2 amide bonds. The second kappa shape index (κ2) is 9.88. The van der Waals surface area contributed by atoms with Crippen LogP contribution in [0.5, 0.6) is 0 Å². The van der Waals surface area contributed by atoms with Crippen LogP contribution in [0.4, 0.5) is 4.79 Å². The van der Waals surface area contributed by atoms with E-state index in [1.165, 1.54) is 0 Å². The standard InChI is InChI=1S/C22H29N3O3/c1-17-8-7-9-18(14-17)15-25(16-19-10-5-6-12-23-19)20(26)11-13-24-21(27)28-22(2,3)4/h5-10,12,14H,11,13,15-16H2,1-4H3,(H,24,27). The lowest BCUT2D eigenvalue weighted by molar-refractivity contribution is -0.132. The van der Waals surface area contributed by atoms with E-state index < -0.39 is 11.7 Å². The van der Waals surface area contributed by atoms with E-state index in [-0.39, 0.29) is 18.9 Å². The first kappa shape index (κ1) is 21.4. The molecule has 0 aliphatic rings. The van der Waals surface area contributed by atoms with Crippen LogP contribution in [0.3, 0.4) is 0 Å². The van der Waals surface area contributed by atoms with Gasteiger partial charge < -0.3 is 15.0 Å². The number of pyridine rings is 1. The van der Waals surface area contributed by atoms with Crippen LogP contribution in [-0.2, 0) is 22.6 Å². The Labute approximate surface area is 166 Å². The largest absolute Gasteiger partial charge is 0.444 e. The number of alkyl carbamates (subject to hydrolysis) is 1. The fourth-order valence-corrected chi connectivity index (χ4v) is 2.69. The van der Waals surface area contributed by atoms with Crippen LogP contribution in [0.15, 0.2) is 48.7 Å². The maximum atomic E-state index is 12.8. The van der Waals surface area contributed by atoms with Crippen molar-refractivity contribution in [3.8, 4) is 0 Å². The van der Waals surface area contributed by atoms with Gasteiger partial charge in [0, 0.05) is 25.7 Å². The van der Waals surface area contributed by atoms with Gasteiger partial charge in [0.25, 0.3) is 0 Å². The van der Waals surface area contributed by atoms with Crippen LogP contribution in [-0.4, -0.2) is 34.0 Å². The van der Waals surface area contributed by atoms with E-state index >= 15 is 0 Å². The van der Waals surface area contributed by atoms with Gasteiger partial charge in [0.2, 0.25) is 5.91 Å². The first-order chi connectivity index (χ1) is 13.2. The van der Waals surface area contributed by atoms with E-state index in [0.717, 1.165) is 16.8 Å². The minimum absolute atomic E-state index is 0.0526. The van der Waals surface area contributed by atoms with Crippen molar-refractivity contribution in [2.75, 3.05) is 6.54 Å². The number of ether oxygens (including phenoxy) is 1. The van der Waals surface area contributed by atoms with Gasteiger partial charge in [-0.2, -0.15) is 0 Å². The molecule has 0 unspecified atom stereocenters. The average molecular weight is 383 g/mol. The number of carbonyl (C=O) groups excluding carboxylic acids is 2. The van der Waals surface area contributed by atoms with Crippen molar-refractivity contribution in [1.29, 1.82) is 0 Å².